The second kappa shape index (κ2) is 7.62. The summed E-state index contributed by atoms with van der Waals surface area (Å²) in [5, 5.41) is 2.87. The highest BCUT2D eigenvalue weighted by atomic mass is 16.5. The highest BCUT2D eigenvalue weighted by Gasteiger charge is 2.19. The summed E-state index contributed by atoms with van der Waals surface area (Å²) >= 11 is 0. The number of carbonyl (C=O) groups is 2. The fourth-order valence-electron chi connectivity index (χ4n) is 2.21. The molecule has 1 aromatic rings. The molecule has 0 saturated heterocycles. The van der Waals surface area contributed by atoms with Crippen LogP contribution in [0.15, 0.2) is 42.5 Å². The molecule has 4 nitrogen and oxygen atoms in total. The van der Waals surface area contributed by atoms with Crippen molar-refractivity contribution in [3.63, 3.8) is 0 Å². The van der Waals surface area contributed by atoms with E-state index in [4.69, 9.17) is 4.74 Å². The molecule has 1 N–H and O–H groups in total. The molecule has 0 aliphatic carbocycles. The molecule has 1 aliphatic rings. The normalized spacial score (nSPS) is 26.0. The fourth-order valence-corrected chi connectivity index (χ4v) is 2.21. The molecule has 0 spiro atoms. The second-order valence-electron chi connectivity index (χ2n) is 5.28. The van der Waals surface area contributed by atoms with Crippen LogP contribution in [0.2, 0.25) is 0 Å². The van der Waals surface area contributed by atoms with E-state index in [9.17, 15) is 9.59 Å². The lowest BCUT2D eigenvalue weighted by molar-refractivity contribution is -0.150. The Kier molecular flexibility index (Phi) is 5.55. The second-order valence-corrected chi connectivity index (χ2v) is 5.28. The van der Waals surface area contributed by atoms with Gasteiger partial charge < -0.3 is 10.1 Å². The maximum atomic E-state index is 12.0. The average molecular weight is 287 g/mol. The van der Waals surface area contributed by atoms with Crippen LogP contribution in [-0.4, -0.2) is 18.4 Å². The molecule has 1 amide bonds. The molecule has 0 aromatic heterocycles. The number of allylic oxidation sites excluding steroid dienone is 2. The van der Waals surface area contributed by atoms with E-state index < -0.39 is 6.10 Å². The van der Waals surface area contributed by atoms with Crippen molar-refractivity contribution in [3.8, 4) is 0 Å². The number of amides is 1. The van der Waals surface area contributed by atoms with Crippen molar-refractivity contribution in [3.05, 3.63) is 48.0 Å². The Morgan fingerprint density at radius 1 is 1.14 bits per heavy atom. The third-order valence-electron chi connectivity index (χ3n) is 3.53. The van der Waals surface area contributed by atoms with Crippen molar-refractivity contribution in [2.24, 2.45) is 5.92 Å². The van der Waals surface area contributed by atoms with Crippen LogP contribution >= 0.6 is 0 Å². The molecule has 1 aromatic carbocycles. The van der Waals surface area contributed by atoms with Crippen LogP contribution in [0.3, 0.4) is 0 Å². The van der Waals surface area contributed by atoms with E-state index in [0.29, 0.717) is 25.8 Å². The summed E-state index contributed by atoms with van der Waals surface area (Å²) in [6, 6.07) is 9.50. The van der Waals surface area contributed by atoms with Gasteiger partial charge in [-0.15, -0.1) is 0 Å². The van der Waals surface area contributed by atoms with Gasteiger partial charge in [-0.3, -0.25) is 9.59 Å². The van der Waals surface area contributed by atoms with Crippen LogP contribution < -0.4 is 5.32 Å². The lowest BCUT2D eigenvalue weighted by atomic mass is 10.0. The Morgan fingerprint density at radius 2 is 1.90 bits per heavy atom. The topological polar surface area (TPSA) is 55.4 Å². The number of rotatable bonds is 1. The minimum absolute atomic E-state index is 0.0165. The molecule has 0 bridgehead atoms. The highest BCUT2D eigenvalue weighted by molar-refractivity contribution is 5.78. The van der Waals surface area contributed by atoms with Crippen molar-refractivity contribution in [1.82, 2.24) is 5.32 Å². The molecule has 21 heavy (non-hydrogen) atoms. The van der Waals surface area contributed by atoms with Gasteiger partial charge in [0.1, 0.15) is 6.10 Å². The van der Waals surface area contributed by atoms with E-state index in [2.05, 4.69) is 5.32 Å². The number of hydrogen-bond acceptors (Lipinski definition) is 3. The fraction of sp³-hybridized carbons (Fsp3) is 0.412. The summed E-state index contributed by atoms with van der Waals surface area (Å²) in [5.41, 5.74) is 0.895. The summed E-state index contributed by atoms with van der Waals surface area (Å²) in [7, 11) is 0. The van der Waals surface area contributed by atoms with Gasteiger partial charge in [-0.1, -0.05) is 49.4 Å². The third kappa shape index (κ3) is 4.74. The van der Waals surface area contributed by atoms with Gasteiger partial charge in [0.15, 0.2) is 0 Å². The van der Waals surface area contributed by atoms with Crippen LogP contribution in [0.25, 0.3) is 0 Å². The van der Waals surface area contributed by atoms with Crippen molar-refractivity contribution in [1.29, 1.82) is 0 Å². The smallest absolute Gasteiger partial charge is 0.306 e. The quantitative estimate of drug-likeness (QED) is 0.638. The SMILES string of the molecule is C[C@@H]1C/C=C\CCC(=O)O[C@H](c2ccccc2)CNC1=O. The van der Waals surface area contributed by atoms with Gasteiger partial charge in [0.2, 0.25) is 5.91 Å². The number of benzene rings is 1. The summed E-state index contributed by atoms with van der Waals surface area (Å²) in [6.45, 7) is 2.21. The Bertz CT molecular complexity index is 510. The third-order valence-corrected chi connectivity index (χ3v) is 3.53. The molecule has 0 radical (unpaired) electrons. The predicted molar refractivity (Wildman–Crippen MR) is 80.4 cm³/mol. The van der Waals surface area contributed by atoms with E-state index >= 15 is 0 Å². The molecule has 2 atom stereocenters. The lowest BCUT2D eigenvalue weighted by Crippen LogP contribution is -2.34. The van der Waals surface area contributed by atoms with Gasteiger partial charge in [-0.05, 0) is 18.4 Å². The minimum Gasteiger partial charge on any atom is -0.456 e. The number of esters is 1. The Morgan fingerprint density at radius 3 is 2.67 bits per heavy atom. The van der Waals surface area contributed by atoms with E-state index in [1.807, 2.05) is 49.4 Å². The van der Waals surface area contributed by atoms with Crippen molar-refractivity contribution >= 4 is 11.9 Å². The zero-order valence-corrected chi connectivity index (χ0v) is 12.2. The molecule has 4 heteroatoms. The van der Waals surface area contributed by atoms with E-state index in [1.54, 1.807) is 0 Å². The van der Waals surface area contributed by atoms with Gasteiger partial charge in [0, 0.05) is 12.3 Å². The molecule has 0 fully saturated rings. The van der Waals surface area contributed by atoms with Gasteiger partial charge in [-0.25, -0.2) is 0 Å². The molecule has 2 rings (SSSR count). The first-order chi connectivity index (χ1) is 10.2. The molecular weight excluding hydrogens is 266 g/mol. The van der Waals surface area contributed by atoms with Crippen LogP contribution in [0.4, 0.5) is 0 Å². The highest BCUT2D eigenvalue weighted by Crippen LogP contribution is 2.18. The molecular formula is C17H21NO3. The number of nitrogens with one attached hydrogen (secondary N) is 1. The van der Waals surface area contributed by atoms with E-state index in [-0.39, 0.29) is 17.8 Å². The van der Waals surface area contributed by atoms with Crippen LogP contribution in [0.1, 0.15) is 37.9 Å². The number of cyclic esters (lactones) is 1. The number of ether oxygens (including phenoxy) is 1. The summed E-state index contributed by atoms with van der Waals surface area (Å²) in [6.07, 6.45) is 5.16. The Labute approximate surface area is 125 Å². The van der Waals surface area contributed by atoms with Crippen LogP contribution in [0, 0.1) is 5.92 Å². The molecule has 0 saturated carbocycles. The van der Waals surface area contributed by atoms with Gasteiger partial charge >= 0.3 is 5.97 Å². The molecule has 1 aliphatic heterocycles. The first kappa shape index (κ1) is 15.3. The number of hydrogen-bond donors (Lipinski definition) is 1. The largest absolute Gasteiger partial charge is 0.456 e. The first-order valence-electron chi connectivity index (χ1n) is 7.34. The van der Waals surface area contributed by atoms with Gasteiger partial charge in [0.25, 0.3) is 0 Å². The summed E-state index contributed by atoms with van der Waals surface area (Å²) in [5.74, 6) is -0.332. The van der Waals surface area contributed by atoms with E-state index in [1.165, 1.54) is 0 Å². The standard InChI is InChI=1S/C17H21NO3/c1-13-8-4-2-7-11-16(19)21-15(12-18-17(13)20)14-9-5-3-6-10-14/h2-6,9-10,13,15H,7-8,11-12H2,1H3,(H,18,20)/b4-2-/t13-,15+/m1/s1. The van der Waals surface area contributed by atoms with Crippen molar-refractivity contribution in [2.45, 2.75) is 32.3 Å². The Balaban J connectivity index is 2.13. The average Bonchev–Trinajstić information content (AvgIpc) is 2.50. The predicted octanol–water partition coefficient (Wildman–Crippen LogP) is 2.76. The maximum Gasteiger partial charge on any atom is 0.306 e. The van der Waals surface area contributed by atoms with Crippen LogP contribution in [-0.2, 0) is 14.3 Å². The van der Waals surface area contributed by atoms with Gasteiger partial charge in [-0.2, -0.15) is 0 Å². The van der Waals surface area contributed by atoms with Crippen molar-refractivity contribution in [2.75, 3.05) is 6.54 Å². The van der Waals surface area contributed by atoms with Crippen LogP contribution in [0.5, 0.6) is 0 Å². The monoisotopic (exact) mass is 287 g/mol. The Hall–Kier alpha value is -2.10. The summed E-state index contributed by atoms with van der Waals surface area (Å²) < 4.78 is 5.51. The molecule has 1 heterocycles. The molecule has 112 valence electrons. The number of carbonyl (C=O) groups excluding carboxylic acids is 2. The summed E-state index contributed by atoms with van der Waals surface area (Å²) in [4.78, 5) is 23.9. The zero-order valence-electron chi connectivity index (χ0n) is 12.2. The zero-order chi connectivity index (χ0) is 15.1. The van der Waals surface area contributed by atoms with Crippen molar-refractivity contribution < 1.29 is 14.3 Å². The molecule has 0 unspecified atom stereocenters. The van der Waals surface area contributed by atoms with Gasteiger partial charge in [0.05, 0.1) is 6.54 Å². The maximum absolute atomic E-state index is 12.0. The van der Waals surface area contributed by atoms with E-state index in [0.717, 1.165) is 5.56 Å². The first-order valence-corrected chi connectivity index (χ1v) is 7.34. The minimum atomic E-state index is -0.432. The lowest BCUT2D eigenvalue weighted by Gasteiger charge is -2.20.